The number of carbonyl (C=O) groups is 2. The maximum Gasteiger partial charge on any atom is 0.336 e. The first-order chi connectivity index (χ1) is 9.67. The summed E-state index contributed by atoms with van der Waals surface area (Å²) < 4.78 is 15.0. The average Bonchev–Trinajstić information content (AvgIpc) is 2.53. The van der Waals surface area contributed by atoms with Crippen molar-refractivity contribution >= 4 is 11.9 Å². The van der Waals surface area contributed by atoms with Crippen molar-refractivity contribution in [1.82, 2.24) is 9.88 Å². The number of amides is 1. The zero-order valence-corrected chi connectivity index (χ0v) is 11.4. The number of morpholine rings is 1. The van der Waals surface area contributed by atoms with E-state index in [1.807, 2.05) is 0 Å². The van der Waals surface area contributed by atoms with Gasteiger partial charge in [0.05, 0.1) is 39.1 Å². The maximum absolute atomic E-state index is 12.4. The molecule has 0 aromatic carbocycles. The minimum absolute atomic E-state index is 0.164. The SMILES string of the molecule is COC(=O)C1CN(C(=O)c2ccncc2OC)CCO1. The third-order valence-electron chi connectivity index (χ3n) is 3.05. The van der Waals surface area contributed by atoms with Crippen LogP contribution in [0.4, 0.5) is 0 Å². The normalized spacial score (nSPS) is 18.5. The Labute approximate surface area is 116 Å². The van der Waals surface area contributed by atoms with E-state index in [0.29, 0.717) is 24.5 Å². The van der Waals surface area contributed by atoms with Gasteiger partial charge in [-0.3, -0.25) is 9.78 Å². The smallest absolute Gasteiger partial charge is 0.336 e. The summed E-state index contributed by atoms with van der Waals surface area (Å²) in [6.07, 6.45) is 2.25. The van der Waals surface area contributed by atoms with Crippen molar-refractivity contribution in [3.63, 3.8) is 0 Å². The van der Waals surface area contributed by atoms with E-state index in [-0.39, 0.29) is 12.5 Å². The van der Waals surface area contributed by atoms with Crippen molar-refractivity contribution in [3.8, 4) is 5.75 Å². The van der Waals surface area contributed by atoms with Gasteiger partial charge in [0.25, 0.3) is 5.91 Å². The van der Waals surface area contributed by atoms with Gasteiger partial charge < -0.3 is 19.1 Å². The Kier molecular flexibility index (Phi) is 4.52. The van der Waals surface area contributed by atoms with Gasteiger partial charge in [-0.2, -0.15) is 0 Å². The van der Waals surface area contributed by atoms with Gasteiger partial charge in [0, 0.05) is 12.7 Å². The van der Waals surface area contributed by atoms with Crippen LogP contribution in [0.15, 0.2) is 18.5 Å². The lowest BCUT2D eigenvalue weighted by atomic mass is 10.2. The summed E-state index contributed by atoms with van der Waals surface area (Å²) >= 11 is 0. The third-order valence-corrected chi connectivity index (χ3v) is 3.05. The number of esters is 1. The highest BCUT2D eigenvalue weighted by molar-refractivity contribution is 5.97. The van der Waals surface area contributed by atoms with Crippen LogP contribution in [0.2, 0.25) is 0 Å². The third kappa shape index (κ3) is 2.88. The number of carbonyl (C=O) groups excluding carboxylic acids is 2. The van der Waals surface area contributed by atoms with Crippen LogP contribution in [0.1, 0.15) is 10.4 Å². The number of hydrogen-bond donors (Lipinski definition) is 0. The van der Waals surface area contributed by atoms with Gasteiger partial charge in [0.1, 0.15) is 5.75 Å². The summed E-state index contributed by atoms with van der Waals surface area (Å²) in [5, 5.41) is 0. The number of rotatable bonds is 3. The van der Waals surface area contributed by atoms with Crippen LogP contribution in [0, 0.1) is 0 Å². The lowest BCUT2D eigenvalue weighted by molar-refractivity contribution is -0.158. The van der Waals surface area contributed by atoms with E-state index in [9.17, 15) is 9.59 Å². The molecule has 20 heavy (non-hydrogen) atoms. The molecule has 2 heterocycles. The van der Waals surface area contributed by atoms with Gasteiger partial charge in [-0.1, -0.05) is 0 Å². The highest BCUT2D eigenvalue weighted by Crippen LogP contribution is 2.19. The fourth-order valence-electron chi connectivity index (χ4n) is 2.00. The van der Waals surface area contributed by atoms with Gasteiger partial charge in [0.15, 0.2) is 6.10 Å². The van der Waals surface area contributed by atoms with Crippen molar-refractivity contribution in [2.45, 2.75) is 6.10 Å². The molecule has 108 valence electrons. The quantitative estimate of drug-likeness (QED) is 0.731. The molecule has 7 heteroatoms. The van der Waals surface area contributed by atoms with Crippen molar-refractivity contribution in [1.29, 1.82) is 0 Å². The largest absolute Gasteiger partial charge is 0.494 e. The molecule has 0 N–H and O–H groups in total. The molecule has 1 amide bonds. The Morgan fingerprint density at radius 2 is 2.25 bits per heavy atom. The first-order valence-electron chi connectivity index (χ1n) is 6.14. The zero-order valence-electron chi connectivity index (χ0n) is 11.4. The second-order valence-electron chi connectivity index (χ2n) is 4.21. The number of hydrogen-bond acceptors (Lipinski definition) is 6. The Morgan fingerprint density at radius 3 is 2.95 bits per heavy atom. The van der Waals surface area contributed by atoms with E-state index in [1.54, 1.807) is 11.0 Å². The first kappa shape index (κ1) is 14.3. The maximum atomic E-state index is 12.4. The fraction of sp³-hybridized carbons (Fsp3) is 0.462. The van der Waals surface area contributed by atoms with Gasteiger partial charge in [-0.25, -0.2) is 4.79 Å². The van der Waals surface area contributed by atoms with Crippen LogP contribution in [0.5, 0.6) is 5.75 Å². The Bertz CT molecular complexity index is 505. The molecule has 1 aliphatic rings. The summed E-state index contributed by atoms with van der Waals surface area (Å²) in [7, 11) is 2.77. The topological polar surface area (TPSA) is 78.0 Å². The highest BCUT2D eigenvalue weighted by Gasteiger charge is 2.31. The van der Waals surface area contributed by atoms with Crippen molar-refractivity contribution in [2.75, 3.05) is 33.9 Å². The highest BCUT2D eigenvalue weighted by atomic mass is 16.6. The molecule has 1 aliphatic heterocycles. The van der Waals surface area contributed by atoms with E-state index >= 15 is 0 Å². The molecule has 0 bridgehead atoms. The van der Waals surface area contributed by atoms with E-state index in [4.69, 9.17) is 9.47 Å². The van der Waals surface area contributed by atoms with Gasteiger partial charge in [0.2, 0.25) is 0 Å². The monoisotopic (exact) mass is 280 g/mol. The summed E-state index contributed by atoms with van der Waals surface area (Å²) in [6.45, 7) is 0.869. The average molecular weight is 280 g/mol. The molecule has 2 rings (SSSR count). The molecular weight excluding hydrogens is 264 g/mol. The van der Waals surface area contributed by atoms with Crippen LogP contribution in [0.3, 0.4) is 0 Å². The molecule has 1 fully saturated rings. The van der Waals surface area contributed by atoms with Crippen LogP contribution < -0.4 is 4.74 Å². The molecule has 0 saturated carbocycles. The van der Waals surface area contributed by atoms with Crippen LogP contribution in [0.25, 0.3) is 0 Å². The van der Waals surface area contributed by atoms with Crippen LogP contribution in [-0.4, -0.2) is 61.8 Å². The molecule has 1 unspecified atom stereocenters. The van der Waals surface area contributed by atoms with Crippen LogP contribution >= 0.6 is 0 Å². The minimum atomic E-state index is -0.745. The predicted octanol–water partition coefficient (Wildman–Crippen LogP) is 0.104. The second-order valence-corrected chi connectivity index (χ2v) is 4.21. The molecule has 0 spiro atoms. The molecule has 1 aromatic heterocycles. The zero-order chi connectivity index (χ0) is 14.5. The van der Waals surface area contributed by atoms with E-state index < -0.39 is 12.1 Å². The number of nitrogens with zero attached hydrogens (tertiary/aromatic N) is 2. The Hall–Kier alpha value is -2.15. The van der Waals surface area contributed by atoms with E-state index in [2.05, 4.69) is 9.72 Å². The minimum Gasteiger partial charge on any atom is -0.494 e. The number of aromatic nitrogens is 1. The van der Waals surface area contributed by atoms with Gasteiger partial charge in [-0.15, -0.1) is 0 Å². The van der Waals surface area contributed by atoms with Gasteiger partial charge in [-0.05, 0) is 6.07 Å². The molecule has 7 nitrogen and oxygen atoms in total. The van der Waals surface area contributed by atoms with Crippen molar-refractivity contribution in [3.05, 3.63) is 24.0 Å². The predicted molar refractivity (Wildman–Crippen MR) is 68.4 cm³/mol. The van der Waals surface area contributed by atoms with Crippen LogP contribution in [-0.2, 0) is 14.3 Å². The summed E-state index contributed by atoms with van der Waals surface area (Å²) in [5.74, 6) is -0.302. The molecule has 0 aliphatic carbocycles. The molecule has 1 aromatic rings. The lowest BCUT2D eigenvalue weighted by Gasteiger charge is -2.31. The Balaban J connectivity index is 2.14. The summed E-state index contributed by atoms with van der Waals surface area (Å²) in [5.41, 5.74) is 0.410. The number of methoxy groups -OCH3 is 2. The molecule has 1 saturated heterocycles. The summed E-state index contributed by atoms with van der Waals surface area (Å²) in [4.78, 5) is 29.4. The standard InChI is InChI=1S/C13H16N2O5/c1-18-10-7-14-4-3-9(10)12(16)15-5-6-20-11(8-15)13(17)19-2/h3-4,7,11H,5-6,8H2,1-2H3. The molecule has 0 radical (unpaired) electrons. The van der Waals surface area contributed by atoms with E-state index in [0.717, 1.165) is 0 Å². The second kappa shape index (κ2) is 6.33. The molecule has 1 atom stereocenters. The first-order valence-corrected chi connectivity index (χ1v) is 6.14. The number of pyridine rings is 1. The number of ether oxygens (including phenoxy) is 3. The fourth-order valence-corrected chi connectivity index (χ4v) is 2.00. The lowest BCUT2D eigenvalue weighted by Crippen LogP contribution is -2.49. The van der Waals surface area contributed by atoms with E-state index in [1.165, 1.54) is 26.6 Å². The van der Waals surface area contributed by atoms with Crippen molar-refractivity contribution in [2.24, 2.45) is 0 Å². The van der Waals surface area contributed by atoms with Crippen molar-refractivity contribution < 1.29 is 23.8 Å². The van der Waals surface area contributed by atoms with Gasteiger partial charge >= 0.3 is 5.97 Å². The molecular formula is C13H16N2O5. The Morgan fingerprint density at radius 1 is 1.45 bits per heavy atom. The summed E-state index contributed by atoms with van der Waals surface area (Å²) in [6, 6.07) is 1.59.